The van der Waals surface area contributed by atoms with Gasteiger partial charge in [-0.15, -0.1) is 0 Å². The fourth-order valence-corrected chi connectivity index (χ4v) is 7.23. The Morgan fingerprint density at radius 3 is 2.11 bits per heavy atom. The lowest BCUT2D eigenvalue weighted by Gasteiger charge is -2.20. The van der Waals surface area contributed by atoms with E-state index in [0.29, 0.717) is 13.2 Å². The predicted molar refractivity (Wildman–Crippen MR) is 169 cm³/mol. The third-order valence-corrected chi connectivity index (χ3v) is 10.4. The van der Waals surface area contributed by atoms with Crippen molar-refractivity contribution in [1.82, 2.24) is 4.90 Å². The highest BCUT2D eigenvalue weighted by atomic mass is 32.2. The topological polar surface area (TPSA) is 149 Å². The first-order chi connectivity index (χ1) is 21.9. The van der Waals surface area contributed by atoms with E-state index in [4.69, 9.17) is 13.1 Å². The minimum absolute atomic E-state index is 0.135. The second-order valence-electron chi connectivity index (χ2n) is 11.3. The van der Waals surface area contributed by atoms with Crippen molar-refractivity contribution in [2.45, 2.75) is 49.2 Å². The highest BCUT2D eigenvalue weighted by molar-refractivity contribution is 7.87. The van der Waals surface area contributed by atoms with Crippen molar-refractivity contribution < 1.29 is 39.8 Å². The summed E-state index contributed by atoms with van der Waals surface area (Å²) in [6, 6.07) is 19.5. The third kappa shape index (κ3) is 6.52. The molecule has 13 heteroatoms. The van der Waals surface area contributed by atoms with Crippen molar-refractivity contribution in [3.05, 3.63) is 107 Å². The van der Waals surface area contributed by atoms with E-state index in [0.717, 1.165) is 46.5 Å². The van der Waals surface area contributed by atoms with Crippen LogP contribution < -0.4 is 13.7 Å². The molecule has 2 N–H and O–H groups in total. The Hall–Kier alpha value is -4.59. The Morgan fingerprint density at radius 1 is 0.870 bits per heavy atom. The molecule has 1 saturated heterocycles. The van der Waals surface area contributed by atoms with Crippen LogP contribution in [-0.4, -0.2) is 52.0 Å². The number of nitrogens with one attached hydrogen (secondary N) is 1. The molecule has 1 unspecified atom stereocenters. The molecule has 2 aliphatic rings. The van der Waals surface area contributed by atoms with Crippen LogP contribution in [0.25, 0.3) is 0 Å². The van der Waals surface area contributed by atoms with Crippen LogP contribution in [0.15, 0.2) is 88.7 Å². The molecule has 1 atom stereocenters. The highest BCUT2D eigenvalue weighted by Crippen LogP contribution is 2.39. The average molecular weight is 665 g/mol. The van der Waals surface area contributed by atoms with Gasteiger partial charge in [0.2, 0.25) is 0 Å². The zero-order chi connectivity index (χ0) is 32.6. The molecule has 2 aliphatic heterocycles. The summed E-state index contributed by atoms with van der Waals surface area (Å²) < 4.78 is 69.0. The number of hydrogen-bond donors (Lipinski definition) is 2. The number of anilines is 1. The minimum atomic E-state index is -4.53. The molecule has 0 bridgehead atoms. The average Bonchev–Trinajstić information content (AvgIpc) is 3.68. The Bertz CT molecular complexity index is 2010. The lowest BCUT2D eigenvalue weighted by Crippen LogP contribution is -2.27. The highest BCUT2D eigenvalue weighted by Gasteiger charge is 2.33. The number of aryl methyl sites for hydroxylation is 2. The number of hydrogen-bond acceptors (Lipinski definition) is 10. The number of carbonyl (C=O) groups excluding carboxylic acids is 1. The van der Waals surface area contributed by atoms with Crippen molar-refractivity contribution in [2.24, 2.45) is 0 Å². The van der Waals surface area contributed by atoms with Crippen LogP contribution in [0.4, 0.5) is 5.69 Å². The van der Waals surface area contributed by atoms with E-state index in [1.54, 1.807) is 38.1 Å². The number of phenols is 1. The van der Waals surface area contributed by atoms with E-state index in [1.807, 2.05) is 18.2 Å². The van der Waals surface area contributed by atoms with Gasteiger partial charge in [0.05, 0.1) is 12.6 Å². The molecule has 11 nitrogen and oxygen atoms in total. The summed E-state index contributed by atoms with van der Waals surface area (Å²) in [4.78, 5) is 15.1. The van der Waals surface area contributed by atoms with Gasteiger partial charge in [0, 0.05) is 37.5 Å². The van der Waals surface area contributed by atoms with E-state index in [2.05, 4.69) is 5.32 Å². The quantitative estimate of drug-likeness (QED) is 0.237. The minimum Gasteiger partial charge on any atom is -0.507 e. The molecule has 6 rings (SSSR count). The number of rotatable bonds is 9. The van der Waals surface area contributed by atoms with Gasteiger partial charge in [0.25, 0.3) is 5.91 Å². The van der Waals surface area contributed by atoms with Crippen LogP contribution in [0, 0.1) is 13.8 Å². The van der Waals surface area contributed by atoms with Gasteiger partial charge >= 0.3 is 20.2 Å². The summed E-state index contributed by atoms with van der Waals surface area (Å²) in [6.45, 7) is 5.19. The molecule has 46 heavy (non-hydrogen) atoms. The maximum atomic E-state index is 14.0. The van der Waals surface area contributed by atoms with Crippen molar-refractivity contribution in [3.8, 4) is 17.2 Å². The SMILES string of the molecule is Cc1ccc(S(=O)(=O)Oc2cc(O)c(C(=O)N3Cc4cccc(NC5CCOC5)c4C3)c(OS(=O)(=O)c3ccc(C)cc3)c2)cc1. The summed E-state index contributed by atoms with van der Waals surface area (Å²) in [5.41, 5.74) is 3.82. The zero-order valence-corrected chi connectivity index (χ0v) is 26.7. The van der Waals surface area contributed by atoms with Gasteiger partial charge in [0.15, 0.2) is 5.75 Å². The molecule has 1 fully saturated rings. The van der Waals surface area contributed by atoms with Gasteiger partial charge < -0.3 is 28.4 Å². The molecule has 0 aliphatic carbocycles. The number of benzene rings is 4. The maximum absolute atomic E-state index is 14.0. The number of phenolic OH excluding ortho intramolecular Hbond substituents is 1. The molecular formula is C33H32N2O9S2. The van der Waals surface area contributed by atoms with Crippen LogP contribution in [-0.2, 0) is 38.1 Å². The number of aromatic hydroxyl groups is 1. The van der Waals surface area contributed by atoms with Crippen LogP contribution in [0.2, 0.25) is 0 Å². The van der Waals surface area contributed by atoms with Crippen molar-refractivity contribution in [3.63, 3.8) is 0 Å². The molecule has 0 aromatic heterocycles. The second-order valence-corrected chi connectivity index (χ2v) is 14.4. The van der Waals surface area contributed by atoms with Crippen LogP contribution in [0.1, 0.15) is 39.0 Å². The lowest BCUT2D eigenvalue weighted by molar-refractivity contribution is 0.0746. The van der Waals surface area contributed by atoms with E-state index in [-0.39, 0.29) is 28.9 Å². The number of carbonyl (C=O) groups is 1. The molecule has 0 radical (unpaired) electrons. The monoisotopic (exact) mass is 664 g/mol. The van der Waals surface area contributed by atoms with Crippen molar-refractivity contribution in [2.75, 3.05) is 18.5 Å². The normalized spacial score (nSPS) is 16.2. The van der Waals surface area contributed by atoms with E-state index in [9.17, 15) is 26.7 Å². The van der Waals surface area contributed by atoms with Crippen LogP contribution >= 0.6 is 0 Å². The van der Waals surface area contributed by atoms with E-state index >= 15 is 0 Å². The molecule has 0 spiro atoms. The number of ether oxygens (including phenoxy) is 1. The second kappa shape index (κ2) is 12.3. The summed E-state index contributed by atoms with van der Waals surface area (Å²) >= 11 is 0. The predicted octanol–water partition coefficient (Wildman–Crippen LogP) is 4.90. The largest absolute Gasteiger partial charge is 0.507 e. The summed E-state index contributed by atoms with van der Waals surface area (Å²) in [5, 5.41) is 14.6. The molecule has 4 aromatic carbocycles. The zero-order valence-electron chi connectivity index (χ0n) is 25.1. The fraction of sp³-hybridized carbons (Fsp3) is 0.242. The van der Waals surface area contributed by atoms with E-state index in [1.165, 1.54) is 29.2 Å². The Morgan fingerprint density at radius 2 is 1.50 bits per heavy atom. The standard InChI is InChI=1S/C33H32N2O9S2/c1-21-6-10-26(11-7-21)45(38,39)43-25-16-30(36)32(31(17-25)44-46(40,41)27-12-8-22(2)9-13-27)33(37)35-18-23-4-3-5-29(28(23)19-35)34-24-14-15-42-20-24/h3-13,16-17,24,34,36H,14-15,18-20H2,1-2H3. The van der Waals surface area contributed by atoms with Crippen LogP contribution in [0.3, 0.4) is 0 Å². The van der Waals surface area contributed by atoms with Gasteiger partial charge in [0.1, 0.15) is 26.9 Å². The number of amides is 1. The van der Waals surface area contributed by atoms with Gasteiger partial charge in [-0.25, -0.2) is 0 Å². The molecule has 0 saturated carbocycles. The lowest BCUT2D eigenvalue weighted by atomic mass is 10.1. The number of fused-ring (bicyclic) bond motifs is 1. The smallest absolute Gasteiger partial charge is 0.339 e. The molecule has 4 aromatic rings. The maximum Gasteiger partial charge on any atom is 0.339 e. The Labute approximate surface area is 267 Å². The third-order valence-electron chi connectivity index (χ3n) is 7.85. The van der Waals surface area contributed by atoms with Crippen LogP contribution in [0.5, 0.6) is 17.2 Å². The van der Waals surface area contributed by atoms with Gasteiger partial charge in [-0.05, 0) is 61.7 Å². The molecule has 240 valence electrons. The summed E-state index contributed by atoms with van der Waals surface area (Å²) in [7, 11) is -8.92. The van der Waals surface area contributed by atoms with Gasteiger partial charge in [-0.1, -0.05) is 47.5 Å². The van der Waals surface area contributed by atoms with E-state index < -0.39 is 49.0 Å². The molecular weight excluding hydrogens is 633 g/mol. The Kier molecular flexibility index (Phi) is 8.40. The first-order valence-corrected chi connectivity index (χ1v) is 17.3. The molecule has 2 heterocycles. The molecule has 1 amide bonds. The first-order valence-electron chi connectivity index (χ1n) is 14.5. The Balaban J connectivity index is 1.35. The summed E-state index contributed by atoms with van der Waals surface area (Å²) in [6.07, 6.45) is 0.852. The van der Waals surface area contributed by atoms with Gasteiger partial charge in [-0.3, -0.25) is 4.79 Å². The number of nitrogens with zero attached hydrogens (tertiary/aromatic N) is 1. The van der Waals surface area contributed by atoms with Gasteiger partial charge in [-0.2, -0.15) is 16.8 Å². The fourth-order valence-electron chi connectivity index (χ4n) is 5.38. The van der Waals surface area contributed by atoms with Crippen molar-refractivity contribution in [1.29, 1.82) is 0 Å². The first kappa shape index (κ1) is 31.4. The summed E-state index contributed by atoms with van der Waals surface area (Å²) in [5.74, 6) is -2.46. The van der Waals surface area contributed by atoms with Crippen molar-refractivity contribution >= 4 is 31.8 Å².